The Hall–Kier alpha value is -3.36. The van der Waals surface area contributed by atoms with Crippen molar-refractivity contribution in [3.05, 3.63) is 29.8 Å². The molecule has 34 heavy (non-hydrogen) atoms. The number of benzene rings is 1. The molecule has 0 fully saturated rings. The Morgan fingerprint density at radius 3 is 1.91 bits per heavy atom. The summed E-state index contributed by atoms with van der Waals surface area (Å²) in [6.07, 6.45) is -0.923. The van der Waals surface area contributed by atoms with Gasteiger partial charge in [-0.2, -0.15) is 12.6 Å². The second kappa shape index (κ2) is 14.0. The minimum Gasteiger partial charge on any atom is -0.508 e. The predicted molar refractivity (Wildman–Crippen MR) is 121 cm³/mol. The Morgan fingerprint density at radius 1 is 0.882 bits per heavy atom. The number of rotatable bonds is 14. The maximum absolute atomic E-state index is 12.6. The minimum atomic E-state index is -1.39. The second-order valence-electron chi connectivity index (χ2n) is 7.30. The fourth-order valence-corrected chi connectivity index (χ4v) is 2.96. The van der Waals surface area contributed by atoms with Crippen LogP contribution in [0.15, 0.2) is 24.3 Å². The molecule has 188 valence electrons. The lowest BCUT2D eigenvalue weighted by Gasteiger charge is -2.24. The fourth-order valence-electron chi connectivity index (χ4n) is 2.70. The van der Waals surface area contributed by atoms with Crippen LogP contribution in [0.2, 0.25) is 0 Å². The highest BCUT2D eigenvalue weighted by molar-refractivity contribution is 7.80. The normalized spacial score (nSPS) is 14.2. The molecule has 0 radical (unpaired) electrons. The molecule has 0 aliphatic rings. The first-order valence-electron chi connectivity index (χ1n) is 10.1. The molecule has 0 aromatic heterocycles. The van der Waals surface area contributed by atoms with E-state index in [4.69, 9.17) is 15.9 Å². The molecule has 9 N–H and O–H groups in total. The Morgan fingerprint density at radius 2 is 1.41 bits per heavy atom. The number of aliphatic hydroxyl groups excluding tert-OH is 1. The van der Waals surface area contributed by atoms with Crippen LogP contribution in [0, 0.1) is 0 Å². The molecule has 0 saturated heterocycles. The molecule has 4 unspecified atom stereocenters. The topological polar surface area (TPSA) is 228 Å². The van der Waals surface area contributed by atoms with Crippen molar-refractivity contribution >= 4 is 42.3 Å². The monoisotopic (exact) mass is 500 g/mol. The van der Waals surface area contributed by atoms with E-state index in [9.17, 15) is 34.2 Å². The number of nitrogens with two attached hydrogens (primary N) is 1. The third-order valence-electron chi connectivity index (χ3n) is 4.62. The summed E-state index contributed by atoms with van der Waals surface area (Å²) in [4.78, 5) is 59.7. The highest BCUT2D eigenvalue weighted by Crippen LogP contribution is 2.11. The van der Waals surface area contributed by atoms with Crippen LogP contribution in [0.4, 0.5) is 0 Å². The van der Waals surface area contributed by atoms with Gasteiger partial charge in [-0.15, -0.1) is 0 Å². The number of carboxylic acid groups (broad SMARTS) is 2. The number of hydrogen-bond donors (Lipinski definition) is 9. The van der Waals surface area contributed by atoms with Crippen LogP contribution in [0.3, 0.4) is 0 Å². The highest BCUT2D eigenvalue weighted by Gasteiger charge is 2.30. The molecule has 0 heterocycles. The van der Waals surface area contributed by atoms with Crippen LogP contribution in [-0.4, -0.2) is 86.6 Å². The van der Waals surface area contributed by atoms with Crippen molar-refractivity contribution < 1.29 is 44.4 Å². The molecular weight excluding hydrogens is 472 g/mol. The molecule has 1 aromatic rings. The Balaban J connectivity index is 2.89. The lowest BCUT2D eigenvalue weighted by atomic mass is 10.1. The van der Waals surface area contributed by atoms with Crippen molar-refractivity contribution in [2.45, 2.75) is 43.4 Å². The summed E-state index contributed by atoms with van der Waals surface area (Å²) in [6.45, 7) is -0.710. The Kier molecular flexibility index (Phi) is 11.8. The summed E-state index contributed by atoms with van der Waals surface area (Å²) < 4.78 is 0. The lowest BCUT2D eigenvalue weighted by Crippen LogP contribution is -2.58. The Bertz CT molecular complexity index is 881. The van der Waals surface area contributed by atoms with Gasteiger partial charge < -0.3 is 42.1 Å². The van der Waals surface area contributed by atoms with E-state index in [-0.39, 0.29) is 24.3 Å². The van der Waals surface area contributed by atoms with Gasteiger partial charge in [-0.3, -0.25) is 19.2 Å². The first-order valence-corrected chi connectivity index (χ1v) is 10.7. The summed E-state index contributed by atoms with van der Waals surface area (Å²) in [7, 11) is 0. The van der Waals surface area contributed by atoms with E-state index < -0.39 is 66.9 Å². The molecule has 13 nitrogen and oxygen atoms in total. The number of carbonyl (C=O) groups is 5. The quantitative estimate of drug-likeness (QED) is 0.123. The number of aliphatic carboxylic acids is 2. The zero-order valence-electron chi connectivity index (χ0n) is 18.0. The standard InChI is InChI=1S/C20H28N4O9S/c21-12(8-25)17(29)22-13(5-6-16(27)28)18(30)24-15(9-34)19(31)23-14(20(32)33)7-10-1-3-11(26)4-2-10/h1-4,12-15,25-26,34H,5-9,21H2,(H,22,29)(H,23,31)(H,24,30)(H,27,28)(H,32,33). The smallest absolute Gasteiger partial charge is 0.326 e. The molecule has 0 bridgehead atoms. The van der Waals surface area contributed by atoms with E-state index >= 15 is 0 Å². The van der Waals surface area contributed by atoms with Crippen LogP contribution in [-0.2, 0) is 30.4 Å². The van der Waals surface area contributed by atoms with Crippen molar-refractivity contribution in [2.75, 3.05) is 12.4 Å². The summed E-state index contributed by atoms with van der Waals surface area (Å²) in [5.41, 5.74) is 5.92. The molecule has 1 aromatic carbocycles. The number of amides is 3. The van der Waals surface area contributed by atoms with Crippen LogP contribution in [0.1, 0.15) is 18.4 Å². The van der Waals surface area contributed by atoms with Crippen LogP contribution < -0.4 is 21.7 Å². The number of hydrogen-bond acceptors (Lipinski definition) is 9. The van der Waals surface area contributed by atoms with Crippen LogP contribution in [0.5, 0.6) is 5.75 Å². The van der Waals surface area contributed by atoms with E-state index in [1.54, 1.807) is 0 Å². The summed E-state index contributed by atoms with van der Waals surface area (Å²) in [6, 6.07) is 0.297. The number of carbonyl (C=O) groups excluding carboxylic acids is 3. The van der Waals surface area contributed by atoms with Gasteiger partial charge in [-0.1, -0.05) is 12.1 Å². The van der Waals surface area contributed by atoms with Gasteiger partial charge in [-0.25, -0.2) is 4.79 Å². The van der Waals surface area contributed by atoms with Gasteiger partial charge in [0.2, 0.25) is 17.7 Å². The largest absolute Gasteiger partial charge is 0.508 e. The zero-order chi connectivity index (χ0) is 25.8. The molecular formula is C20H28N4O9S. The second-order valence-corrected chi connectivity index (χ2v) is 7.66. The van der Waals surface area contributed by atoms with Crippen molar-refractivity contribution in [3.8, 4) is 5.75 Å². The third kappa shape index (κ3) is 9.64. The van der Waals surface area contributed by atoms with Gasteiger partial charge in [0, 0.05) is 18.6 Å². The van der Waals surface area contributed by atoms with E-state index in [0.29, 0.717) is 5.56 Å². The summed E-state index contributed by atoms with van der Waals surface area (Å²) in [5, 5.41) is 43.5. The number of phenolic OH excluding ortho intramolecular Hbond substituents is 1. The molecule has 0 saturated carbocycles. The third-order valence-corrected chi connectivity index (χ3v) is 4.98. The van der Waals surface area contributed by atoms with Crippen molar-refractivity contribution in [1.29, 1.82) is 0 Å². The molecule has 14 heteroatoms. The molecule has 0 spiro atoms. The van der Waals surface area contributed by atoms with Gasteiger partial charge in [0.05, 0.1) is 6.61 Å². The number of nitrogens with one attached hydrogen (secondary N) is 3. The maximum atomic E-state index is 12.6. The molecule has 3 amide bonds. The van der Waals surface area contributed by atoms with Gasteiger partial charge >= 0.3 is 11.9 Å². The molecule has 4 atom stereocenters. The van der Waals surface area contributed by atoms with Crippen molar-refractivity contribution in [2.24, 2.45) is 5.73 Å². The average molecular weight is 501 g/mol. The first-order chi connectivity index (χ1) is 16.0. The predicted octanol–water partition coefficient (Wildman–Crippen LogP) is -2.41. The van der Waals surface area contributed by atoms with Crippen LogP contribution >= 0.6 is 12.6 Å². The number of aliphatic hydroxyl groups is 1. The van der Waals surface area contributed by atoms with E-state index in [2.05, 4.69) is 28.6 Å². The van der Waals surface area contributed by atoms with Crippen molar-refractivity contribution in [1.82, 2.24) is 16.0 Å². The van der Waals surface area contributed by atoms with Gasteiger partial charge in [-0.05, 0) is 24.1 Å². The minimum absolute atomic E-state index is 0.0120. The SMILES string of the molecule is NC(CO)C(=O)NC(CCC(=O)O)C(=O)NC(CS)C(=O)NC(Cc1ccc(O)cc1)C(=O)O. The van der Waals surface area contributed by atoms with Gasteiger partial charge in [0.1, 0.15) is 29.9 Å². The van der Waals surface area contributed by atoms with E-state index in [1.807, 2.05) is 0 Å². The average Bonchev–Trinajstić information content (AvgIpc) is 2.79. The summed E-state index contributed by atoms with van der Waals surface area (Å²) in [5.74, 6) is -5.51. The maximum Gasteiger partial charge on any atom is 0.326 e. The number of aromatic hydroxyl groups is 1. The highest BCUT2D eigenvalue weighted by atomic mass is 32.1. The van der Waals surface area contributed by atoms with Gasteiger partial charge in [0.25, 0.3) is 0 Å². The number of phenols is 1. The molecule has 1 rings (SSSR count). The van der Waals surface area contributed by atoms with E-state index in [0.717, 1.165) is 0 Å². The Labute approximate surface area is 200 Å². The first kappa shape index (κ1) is 28.7. The summed E-state index contributed by atoms with van der Waals surface area (Å²) >= 11 is 4.00. The molecule has 0 aliphatic carbocycles. The number of carboxylic acids is 2. The lowest BCUT2D eigenvalue weighted by molar-refractivity contribution is -0.142. The zero-order valence-corrected chi connectivity index (χ0v) is 18.9. The number of thiol groups is 1. The van der Waals surface area contributed by atoms with E-state index in [1.165, 1.54) is 24.3 Å². The van der Waals surface area contributed by atoms with Gasteiger partial charge in [0.15, 0.2) is 0 Å². The van der Waals surface area contributed by atoms with Crippen LogP contribution in [0.25, 0.3) is 0 Å². The molecule has 0 aliphatic heterocycles. The van der Waals surface area contributed by atoms with Crippen molar-refractivity contribution in [3.63, 3.8) is 0 Å². The fraction of sp³-hybridized carbons (Fsp3) is 0.450.